The Morgan fingerprint density at radius 3 is 2.96 bits per heavy atom. The average molecular weight is 332 g/mol. The van der Waals surface area contributed by atoms with E-state index in [4.69, 9.17) is 16.2 Å². The number of anilines is 1. The molecule has 24 heavy (non-hydrogen) atoms. The van der Waals surface area contributed by atoms with Crippen molar-refractivity contribution in [2.24, 2.45) is 11.7 Å². The van der Waals surface area contributed by atoms with Crippen molar-refractivity contribution in [2.45, 2.75) is 44.8 Å². The lowest BCUT2D eigenvalue weighted by Gasteiger charge is -2.17. The third-order valence-electron chi connectivity index (χ3n) is 4.56. The van der Waals surface area contributed by atoms with Crippen molar-refractivity contribution in [1.82, 2.24) is 20.3 Å². The number of esters is 1. The third-order valence-corrected chi connectivity index (χ3v) is 4.56. The van der Waals surface area contributed by atoms with E-state index in [9.17, 15) is 4.79 Å². The number of aromatic nitrogens is 3. The van der Waals surface area contributed by atoms with Crippen molar-refractivity contribution in [1.29, 1.82) is 0 Å². The summed E-state index contributed by atoms with van der Waals surface area (Å²) >= 11 is 0. The predicted octanol–water partition coefficient (Wildman–Crippen LogP) is 0.860. The van der Waals surface area contributed by atoms with Crippen LogP contribution in [0.4, 0.5) is 5.82 Å². The normalized spacial score (nSPS) is 22.2. The maximum atomic E-state index is 11.9. The van der Waals surface area contributed by atoms with Crippen molar-refractivity contribution in [3.05, 3.63) is 18.1 Å². The van der Waals surface area contributed by atoms with Gasteiger partial charge >= 0.3 is 5.97 Å². The zero-order valence-corrected chi connectivity index (χ0v) is 14.0. The topological polar surface area (TPSA) is 132 Å². The van der Waals surface area contributed by atoms with Gasteiger partial charge in [-0.15, -0.1) is 0 Å². The maximum Gasteiger partial charge on any atom is 0.323 e. The Hall–Kier alpha value is -2.19. The first-order valence-corrected chi connectivity index (χ1v) is 8.23. The molecule has 0 aliphatic carbocycles. The smallest absolute Gasteiger partial charge is 0.323 e. The fourth-order valence-electron chi connectivity index (χ4n) is 2.99. The Labute approximate surface area is 140 Å². The van der Waals surface area contributed by atoms with E-state index < -0.39 is 6.04 Å². The van der Waals surface area contributed by atoms with Crippen LogP contribution >= 0.6 is 0 Å². The number of fused-ring (bicyclic) bond motifs is 1. The molecule has 0 aromatic carbocycles. The van der Waals surface area contributed by atoms with E-state index in [1.165, 1.54) is 6.33 Å². The molecule has 0 bridgehead atoms. The molecule has 3 unspecified atom stereocenters. The molecule has 6 N–H and O–H groups in total. The van der Waals surface area contributed by atoms with Crippen molar-refractivity contribution in [3.63, 3.8) is 0 Å². The summed E-state index contributed by atoms with van der Waals surface area (Å²) in [5.41, 5.74) is 14.3. The lowest BCUT2D eigenvalue weighted by atomic mass is 10.1. The second-order valence-corrected chi connectivity index (χ2v) is 6.62. The van der Waals surface area contributed by atoms with Gasteiger partial charge in [0.25, 0.3) is 0 Å². The summed E-state index contributed by atoms with van der Waals surface area (Å²) in [6, 6.07) is -0.312. The van der Waals surface area contributed by atoms with Crippen LogP contribution in [0.1, 0.15) is 38.3 Å². The fraction of sp³-hybridized carbons (Fsp3) is 0.562. The molecular formula is C16H24N6O2. The molecule has 0 spiro atoms. The number of rotatable bonds is 5. The van der Waals surface area contributed by atoms with E-state index in [1.807, 2.05) is 20.0 Å². The highest BCUT2D eigenvalue weighted by Gasteiger charge is 2.29. The molecule has 1 fully saturated rings. The zero-order chi connectivity index (χ0) is 17.3. The molecule has 2 aromatic heterocycles. The summed E-state index contributed by atoms with van der Waals surface area (Å²) in [6.07, 6.45) is 5.24. The zero-order valence-electron chi connectivity index (χ0n) is 14.0. The summed E-state index contributed by atoms with van der Waals surface area (Å²) < 4.78 is 5.34. The van der Waals surface area contributed by atoms with Crippen LogP contribution in [0.25, 0.3) is 11.0 Å². The number of hydrogen-bond donors (Lipinski definition) is 4. The summed E-state index contributed by atoms with van der Waals surface area (Å²) in [5.74, 6) is 0.165. The van der Waals surface area contributed by atoms with Crippen molar-refractivity contribution < 1.29 is 9.53 Å². The molecule has 0 amide bonds. The molecule has 3 heterocycles. The number of carbonyl (C=O) groups is 1. The highest BCUT2D eigenvalue weighted by atomic mass is 16.5. The van der Waals surface area contributed by atoms with E-state index in [2.05, 4.69) is 20.3 Å². The standard InChI is InChI=1S/C16H24N6O2/c1-8(2)12(17)16(23)24-6-9-3-4-11(22-9)10-5-19-14-13(10)20-7-21-15(14)18/h5,7-9,11-12,19,22H,3-4,6,17H2,1-2H3,(H2,18,20,21). The van der Waals surface area contributed by atoms with Gasteiger partial charge in [-0.2, -0.15) is 0 Å². The number of nitrogens with zero attached hydrogens (tertiary/aromatic N) is 2. The SMILES string of the molecule is CC(C)C(N)C(=O)OCC1CCC(c2c[nH]c3c(N)ncnc23)N1. The van der Waals surface area contributed by atoms with Crippen LogP contribution in [0.5, 0.6) is 0 Å². The quantitative estimate of drug-likeness (QED) is 0.597. The highest BCUT2D eigenvalue weighted by Crippen LogP contribution is 2.31. The Morgan fingerprint density at radius 1 is 1.42 bits per heavy atom. The van der Waals surface area contributed by atoms with Crippen LogP contribution in [0.3, 0.4) is 0 Å². The number of aromatic amines is 1. The van der Waals surface area contributed by atoms with Gasteiger partial charge in [0.15, 0.2) is 5.82 Å². The molecule has 8 heteroatoms. The van der Waals surface area contributed by atoms with Gasteiger partial charge in [-0.1, -0.05) is 13.8 Å². The minimum atomic E-state index is -0.574. The number of nitrogens with one attached hydrogen (secondary N) is 2. The van der Waals surface area contributed by atoms with Crippen LogP contribution in [-0.2, 0) is 9.53 Å². The second kappa shape index (κ2) is 6.74. The van der Waals surface area contributed by atoms with Gasteiger partial charge in [-0.3, -0.25) is 4.79 Å². The monoisotopic (exact) mass is 332 g/mol. The van der Waals surface area contributed by atoms with E-state index in [-0.39, 0.29) is 24.0 Å². The molecule has 3 atom stereocenters. The second-order valence-electron chi connectivity index (χ2n) is 6.62. The van der Waals surface area contributed by atoms with Gasteiger partial charge in [-0.25, -0.2) is 9.97 Å². The average Bonchev–Trinajstić information content (AvgIpc) is 3.18. The van der Waals surface area contributed by atoms with E-state index in [0.29, 0.717) is 12.4 Å². The predicted molar refractivity (Wildman–Crippen MR) is 91.0 cm³/mol. The number of ether oxygens (including phenoxy) is 1. The van der Waals surface area contributed by atoms with Crippen LogP contribution < -0.4 is 16.8 Å². The first kappa shape index (κ1) is 16.7. The van der Waals surface area contributed by atoms with E-state index >= 15 is 0 Å². The molecule has 130 valence electrons. The van der Waals surface area contributed by atoms with Crippen LogP contribution in [0, 0.1) is 5.92 Å². The first-order chi connectivity index (χ1) is 11.5. The largest absolute Gasteiger partial charge is 0.463 e. The van der Waals surface area contributed by atoms with Gasteiger partial charge in [0, 0.05) is 23.8 Å². The van der Waals surface area contributed by atoms with Gasteiger partial charge < -0.3 is 26.5 Å². The molecular weight excluding hydrogens is 308 g/mol. The lowest BCUT2D eigenvalue weighted by Crippen LogP contribution is -2.39. The molecule has 1 saturated heterocycles. The summed E-state index contributed by atoms with van der Waals surface area (Å²) in [7, 11) is 0. The van der Waals surface area contributed by atoms with Gasteiger partial charge in [0.05, 0.1) is 5.52 Å². The minimum absolute atomic E-state index is 0.0677. The molecule has 2 aromatic rings. The van der Waals surface area contributed by atoms with Gasteiger partial charge in [0.1, 0.15) is 24.5 Å². The molecule has 1 aliphatic heterocycles. The van der Waals surface area contributed by atoms with Crippen molar-refractivity contribution in [2.75, 3.05) is 12.3 Å². The Bertz CT molecular complexity index is 728. The number of hydrogen-bond acceptors (Lipinski definition) is 7. The molecule has 0 saturated carbocycles. The Kier molecular flexibility index (Phi) is 4.68. The number of carbonyl (C=O) groups excluding carboxylic acids is 1. The fourth-order valence-corrected chi connectivity index (χ4v) is 2.99. The Balaban J connectivity index is 1.61. The minimum Gasteiger partial charge on any atom is -0.463 e. The van der Waals surface area contributed by atoms with E-state index in [1.54, 1.807) is 0 Å². The number of nitrogens with two attached hydrogens (primary N) is 2. The molecule has 0 radical (unpaired) electrons. The number of nitrogen functional groups attached to an aromatic ring is 1. The van der Waals surface area contributed by atoms with Crippen LogP contribution in [-0.4, -0.2) is 39.6 Å². The lowest BCUT2D eigenvalue weighted by molar-refractivity contribution is -0.146. The first-order valence-electron chi connectivity index (χ1n) is 8.23. The summed E-state index contributed by atoms with van der Waals surface area (Å²) in [5, 5.41) is 3.49. The Morgan fingerprint density at radius 2 is 2.21 bits per heavy atom. The van der Waals surface area contributed by atoms with Gasteiger partial charge in [0.2, 0.25) is 0 Å². The summed E-state index contributed by atoms with van der Waals surface area (Å²) in [6.45, 7) is 4.13. The maximum absolute atomic E-state index is 11.9. The molecule has 3 rings (SSSR count). The van der Waals surface area contributed by atoms with E-state index in [0.717, 1.165) is 29.4 Å². The van der Waals surface area contributed by atoms with Crippen LogP contribution in [0.2, 0.25) is 0 Å². The van der Waals surface area contributed by atoms with Crippen LogP contribution in [0.15, 0.2) is 12.5 Å². The molecule has 1 aliphatic rings. The van der Waals surface area contributed by atoms with Gasteiger partial charge in [-0.05, 0) is 18.8 Å². The van der Waals surface area contributed by atoms with Crippen molar-refractivity contribution in [3.8, 4) is 0 Å². The third kappa shape index (κ3) is 3.20. The number of H-pyrrole nitrogens is 1. The summed E-state index contributed by atoms with van der Waals surface area (Å²) in [4.78, 5) is 23.3. The molecule has 8 nitrogen and oxygen atoms in total. The highest BCUT2D eigenvalue weighted by molar-refractivity contribution is 5.87. The van der Waals surface area contributed by atoms with Crippen molar-refractivity contribution >= 4 is 22.8 Å².